The van der Waals surface area contributed by atoms with Crippen LogP contribution in [0, 0.1) is 17.2 Å². The van der Waals surface area contributed by atoms with Gasteiger partial charge in [0.15, 0.2) is 5.82 Å². The molecule has 1 fully saturated rings. The molecule has 1 aromatic carbocycles. The average Bonchev–Trinajstić information content (AvgIpc) is 2.80. The van der Waals surface area contributed by atoms with E-state index < -0.39 is 0 Å². The average molecular weight is 406 g/mol. The van der Waals surface area contributed by atoms with E-state index in [1.807, 2.05) is 30.6 Å². The van der Waals surface area contributed by atoms with Crippen molar-refractivity contribution in [2.45, 2.75) is 84.0 Å². The highest BCUT2D eigenvalue weighted by molar-refractivity contribution is 5.61. The Hall–Kier alpha value is -2.41. The molecule has 3 rings (SSSR count). The molecule has 160 valence electrons. The zero-order chi connectivity index (χ0) is 21.2. The van der Waals surface area contributed by atoms with Crippen molar-refractivity contribution in [2.75, 3.05) is 6.61 Å². The lowest BCUT2D eigenvalue weighted by Crippen LogP contribution is -2.14. The summed E-state index contributed by atoms with van der Waals surface area (Å²) in [5.41, 5.74) is 2.66. The molecule has 0 N–H and O–H groups in total. The van der Waals surface area contributed by atoms with Crippen LogP contribution in [0.4, 0.5) is 0 Å². The molecule has 0 spiro atoms. The van der Waals surface area contributed by atoms with Crippen molar-refractivity contribution < 1.29 is 4.74 Å². The van der Waals surface area contributed by atoms with Crippen molar-refractivity contribution in [1.82, 2.24) is 9.97 Å². The predicted octanol–water partition coefficient (Wildman–Crippen LogP) is 7.05. The highest BCUT2D eigenvalue weighted by Crippen LogP contribution is 2.37. The molecule has 0 unspecified atom stereocenters. The van der Waals surface area contributed by atoms with E-state index in [0.29, 0.717) is 29.7 Å². The molecule has 0 aliphatic heterocycles. The van der Waals surface area contributed by atoms with Crippen LogP contribution in [0.25, 0.3) is 11.4 Å². The summed E-state index contributed by atoms with van der Waals surface area (Å²) in [6.07, 6.45) is 16.7. The Bertz CT molecular complexity index is 817. The van der Waals surface area contributed by atoms with Crippen LogP contribution in [-0.4, -0.2) is 16.6 Å². The van der Waals surface area contributed by atoms with Crippen molar-refractivity contribution in [3.05, 3.63) is 41.7 Å². The summed E-state index contributed by atoms with van der Waals surface area (Å²) in [4.78, 5) is 9.25. The number of aromatic nitrogens is 2. The molecule has 0 atom stereocenters. The van der Waals surface area contributed by atoms with Gasteiger partial charge in [0, 0.05) is 18.0 Å². The van der Waals surface area contributed by atoms with Gasteiger partial charge >= 0.3 is 0 Å². The minimum Gasteiger partial charge on any atom is -0.492 e. The third kappa shape index (κ3) is 6.05. The van der Waals surface area contributed by atoms with E-state index in [0.717, 1.165) is 24.3 Å². The first-order chi connectivity index (χ1) is 14.7. The molecule has 30 heavy (non-hydrogen) atoms. The van der Waals surface area contributed by atoms with Crippen molar-refractivity contribution >= 4 is 0 Å². The number of nitriles is 1. The van der Waals surface area contributed by atoms with Crippen LogP contribution in [0.15, 0.2) is 30.6 Å². The fourth-order valence-electron chi connectivity index (χ4n) is 4.37. The Balaban J connectivity index is 1.60. The zero-order valence-electron chi connectivity index (χ0n) is 18.6. The summed E-state index contributed by atoms with van der Waals surface area (Å²) in [6, 6.07) is 7.87. The van der Waals surface area contributed by atoms with E-state index >= 15 is 0 Å². The summed E-state index contributed by atoms with van der Waals surface area (Å²) >= 11 is 0. The molecule has 1 aromatic heterocycles. The first-order valence-corrected chi connectivity index (χ1v) is 11.7. The SMILES string of the molecule is CCCCCC1CCC(c2cnc(-c3ccc(OCCCC)c(C#N)c3)nc2)CC1. The molecule has 1 heterocycles. The number of rotatable bonds is 10. The van der Waals surface area contributed by atoms with Gasteiger partial charge in [-0.3, -0.25) is 0 Å². The standard InChI is InChI=1S/C26H35N3O/c1-3-5-7-8-20-9-11-21(12-10-20)24-18-28-26(29-19-24)22-13-14-25(23(16-22)17-27)30-15-6-4-2/h13-14,16,18-21H,3-12,15H2,1-2H3. The Morgan fingerprint density at radius 2 is 1.73 bits per heavy atom. The normalized spacial score (nSPS) is 18.7. The lowest BCUT2D eigenvalue weighted by Gasteiger charge is -2.28. The molecule has 0 amide bonds. The number of hydrogen-bond acceptors (Lipinski definition) is 4. The molecule has 2 aromatic rings. The van der Waals surface area contributed by atoms with Gasteiger partial charge in [-0.1, -0.05) is 46.0 Å². The quantitative estimate of drug-likeness (QED) is 0.397. The molecule has 0 radical (unpaired) electrons. The maximum atomic E-state index is 9.48. The van der Waals surface area contributed by atoms with Crippen LogP contribution in [0.1, 0.15) is 95.1 Å². The minimum absolute atomic E-state index is 0.540. The van der Waals surface area contributed by atoms with Gasteiger partial charge in [0.05, 0.1) is 12.2 Å². The number of nitrogens with zero attached hydrogens (tertiary/aromatic N) is 3. The van der Waals surface area contributed by atoms with Gasteiger partial charge in [-0.25, -0.2) is 9.97 Å². The van der Waals surface area contributed by atoms with Gasteiger partial charge in [-0.2, -0.15) is 5.26 Å². The summed E-state index contributed by atoms with van der Waals surface area (Å²) in [5, 5.41) is 9.48. The Morgan fingerprint density at radius 3 is 2.40 bits per heavy atom. The first-order valence-electron chi connectivity index (χ1n) is 11.7. The van der Waals surface area contributed by atoms with Gasteiger partial charge in [0.2, 0.25) is 0 Å². The largest absolute Gasteiger partial charge is 0.492 e. The smallest absolute Gasteiger partial charge is 0.159 e. The number of unbranched alkanes of at least 4 members (excludes halogenated alkanes) is 3. The second kappa shape index (κ2) is 11.7. The van der Waals surface area contributed by atoms with Crippen LogP contribution in [-0.2, 0) is 0 Å². The molecule has 0 saturated heterocycles. The van der Waals surface area contributed by atoms with E-state index in [9.17, 15) is 5.26 Å². The van der Waals surface area contributed by atoms with Crippen LogP contribution in [0.3, 0.4) is 0 Å². The number of benzene rings is 1. The lowest BCUT2D eigenvalue weighted by molar-refractivity contribution is 0.302. The predicted molar refractivity (Wildman–Crippen MR) is 121 cm³/mol. The molecule has 0 bridgehead atoms. The fourth-order valence-corrected chi connectivity index (χ4v) is 4.37. The highest BCUT2D eigenvalue weighted by Gasteiger charge is 2.22. The Labute approximate surface area is 181 Å². The van der Waals surface area contributed by atoms with Gasteiger partial charge < -0.3 is 4.74 Å². The topological polar surface area (TPSA) is 58.8 Å². The van der Waals surface area contributed by atoms with Crippen molar-refractivity contribution in [3.8, 4) is 23.2 Å². The van der Waals surface area contributed by atoms with E-state index in [-0.39, 0.29) is 0 Å². The second-order valence-corrected chi connectivity index (χ2v) is 8.58. The minimum atomic E-state index is 0.540. The second-order valence-electron chi connectivity index (χ2n) is 8.58. The Kier molecular flexibility index (Phi) is 8.68. The molecular formula is C26H35N3O. The van der Waals surface area contributed by atoms with E-state index in [1.165, 1.54) is 56.9 Å². The van der Waals surface area contributed by atoms with Crippen molar-refractivity contribution in [3.63, 3.8) is 0 Å². The zero-order valence-corrected chi connectivity index (χ0v) is 18.6. The van der Waals surface area contributed by atoms with Crippen molar-refractivity contribution in [1.29, 1.82) is 5.26 Å². The molecule has 4 heteroatoms. The van der Waals surface area contributed by atoms with Crippen LogP contribution < -0.4 is 4.74 Å². The third-order valence-corrected chi connectivity index (χ3v) is 6.32. The monoisotopic (exact) mass is 405 g/mol. The number of hydrogen-bond donors (Lipinski definition) is 0. The molecule has 4 nitrogen and oxygen atoms in total. The summed E-state index contributed by atoms with van der Waals surface area (Å²) in [5.74, 6) is 2.81. The maximum Gasteiger partial charge on any atom is 0.159 e. The van der Waals surface area contributed by atoms with Gasteiger partial charge in [-0.15, -0.1) is 0 Å². The molecule has 1 aliphatic rings. The molecular weight excluding hydrogens is 370 g/mol. The van der Waals surface area contributed by atoms with Crippen LogP contribution in [0.5, 0.6) is 5.75 Å². The summed E-state index contributed by atoms with van der Waals surface area (Å²) in [6.45, 7) is 5.03. The lowest BCUT2D eigenvalue weighted by atomic mass is 9.77. The number of ether oxygens (including phenoxy) is 1. The van der Waals surface area contributed by atoms with Gasteiger partial charge in [0.1, 0.15) is 11.8 Å². The third-order valence-electron chi connectivity index (χ3n) is 6.32. The summed E-state index contributed by atoms with van der Waals surface area (Å²) < 4.78 is 5.73. The van der Waals surface area contributed by atoms with Gasteiger partial charge in [0.25, 0.3) is 0 Å². The fraction of sp³-hybridized carbons (Fsp3) is 0.577. The molecule has 1 aliphatic carbocycles. The van der Waals surface area contributed by atoms with Crippen LogP contribution in [0.2, 0.25) is 0 Å². The van der Waals surface area contributed by atoms with Crippen molar-refractivity contribution in [2.24, 2.45) is 5.92 Å². The first kappa shape index (κ1) is 22.3. The van der Waals surface area contributed by atoms with E-state index in [2.05, 4.69) is 29.9 Å². The molecule has 1 saturated carbocycles. The maximum absolute atomic E-state index is 9.48. The summed E-state index contributed by atoms with van der Waals surface area (Å²) in [7, 11) is 0. The van der Waals surface area contributed by atoms with Crippen LogP contribution >= 0.6 is 0 Å². The highest BCUT2D eigenvalue weighted by atomic mass is 16.5. The van der Waals surface area contributed by atoms with E-state index in [4.69, 9.17) is 4.74 Å². The Morgan fingerprint density at radius 1 is 1.00 bits per heavy atom. The van der Waals surface area contributed by atoms with Gasteiger partial charge in [-0.05, 0) is 67.7 Å². The van der Waals surface area contributed by atoms with E-state index in [1.54, 1.807) is 0 Å².